The summed E-state index contributed by atoms with van der Waals surface area (Å²) in [5.41, 5.74) is 0.398. The molecule has 2 amide bonds. The van der Waals surface area contributed by atoms with Crippen LogP contribution in [-0.2, 0) is 9.59 Å². The molecule has 0 saturated heterocycles. The van der Waals surface area contributed by atoms with Gasteiger partial charge in [-0.05, 0) is 54.5 Å². The topological polar surface area (TPSA) is 58.6 Å². The number of hydrogen-bond donors (Lipinski definition) is 1. The molecule has 2 aromatic rings. The molecule has 0 spiro atoms. The third-order valence-electron chi connectivity index (χ3n) is 5.45. The van der Waals surface area contributed by atoms with E-state index < -0.39 is 11.9 Å². The van der Waals surface area contributed by atoms with E-state index in [0.29, 0.717) is 22.1 Å². The van der Waals surface area contributed by atoms with E-state index in [0.717, 1.165) is 25.7 Å². The zero-order valence-corrected chi connectivity index (χ0v) is 19.4. The van der Waals surface area contributed by atoms with Gasteiger partial charge in [0.25, 0.3) is 0 Å². The highest BCUT2D eigenvalue weighted by atomic mass is 32.1. The van der Waals surface area contributed by atoms with Crippen LogP contribution >= 0.6 is 11.3 Å². The van der Waals surface area contributed by atoms with Crippen molar-refractivity contribution in [2.75, 3.05) is 4.90 Å². The van der Waals surface area contributed by atoms with Crippen molar-refractivity contribution in [1.29, 1.82) is 0 Å². The molecule has 33 heavy (non-hydrogen) atoms. The number of carbonyl (C=O) groups excluding carboxylic acids is 2. The van der Waals surface area contributed by atoms with E-state index in [-0.39, 0.29) is 11.9 Å². The summed E-state index contributed by atoms with van der Waals surface area (Å²) in [5.74, 6) is 2.13. The fraction of sp³-hybridized carbons (Fsp3) is 0.259. The molecular weight excluding hydrogens is 432 g/mol. The maximum Gasteiger partial charge on any atom is 0.303 e. The number of amides is 2. The molecule has 1 heterocycles. The van der Waals surface area contributed by atoms with Gasteiger partial charge in [0.15, 0.2) is 11.8 Å². The Hall–Kier alpha value is -3.56. The van der Waals surface area contributed by atoms with Gasteiger partial charge in [-0.3, -0.25) is 14.5 Å². The van der Waals surface area contributed by atoms with Gasteiger partial charge in [-0.15, -0.1) is 17.8 Å². The fourth-order valence-electron chi connectivity index (χ4n) is 3.91. The summed E-state index contributed by atoms with van der Waals surface area (Å²) in [5, 5.41) is 5.03. The smallest absolute Gasteiger partial charge is 0.303 e. The first-order valence-corrected chi connectivity index (χ1v) is 11.8. The highest BCUT2D eigenvalue weighted by Gasteiger charge is 2.35. The van der Waals surface area contributed by atoms with Crippen LogP contribution in [0.1, 0.15) is 43.0 Å². The van der Waals surface area contributed by atoms with Gasteiger partial charge in [0.2, 0.25) is 5.91 Å². The first-order valence-electron chi connectivity index (χ1n) is 10.9. The van der Waals surface area contributed by atoms with Gasteiger partial charge in [-0.25, -0.2) is 0 Å². The minimum absolute atomic E-state index is 0.0888. The molecule has 5 nitrogen and oxygen atoms in total. The van der Waals surface area contributed by atoms with Crippen molar-refractivity contribution >= 4 is 28.8 Å². The van der Waals surface area contributed by atoms with Gasteiger partial charge in [0.1, 0.15) is 5.76 Å². The lowest BCUT2D eigenvalue weighted by molar-refractivity contribution is -0.125. The van der Waals surface area contributed by atoms with E-state index in [1.165, 1.54) is 22.7 Å². The Bertz CT molecular complexity index is 1060. The SMILES string of the molecule is C#CC(=O)N(c1ccccc1O/C(C=C)=C/C=C)C(C(=O)NC1CCCCC1)c1cccs1. The Morgan fingerprint density at radius 1 is 1.18 bits per heavy atom. The number of para-hydroxylation sites is 2. The minimum Gasteiger partial charge on any atom is -0.455 e. The van der Waals surface area contributed by atoms with Gasteiger partial charge in [-0.1, -0.05) is 56.7 Å². The third kappa shape index (κ3) is 6.03. The lowest BCUT2D eigenvalue weighted by atomic mass is 9.95. The molecule has 1 aliphatic rings. The summed E-state index contributed by atoms with van der Waals surface area (Å²) in [6, 6.07) is 9.85. The number of carbonyl (C=O) groups is 2. The highest BCUT2D eigenvalue weighted by Crippen LogP contribution is 2.37. The zero-order valence-electron chi connectivity index (χ0n) is 18.5. The van der Waals surface area contributed by atoms with Crippen molar-refractivity contribution in [3.05, 3.63) is 83.8 Å². The average Bonchev–Trinajstić information content (AvgIpc) is 3.37. The average molecular weight is 461 g/mol. The van der Waals surface area contributed by atoms with Gasteiger partial charge >= 0.3 is 5.91 Å². The summed E-state index contributed by atoms with van der Waals surface area (Å²) >= 11 is 1.40. The molecule has 1 aliphatic carbocycles. The molecule has 170 valence electrons. The molecular formula is C27H28N2O3S. The molecule has 0 aliphatic heterocycles. The lowest BCUT2D eigenvalue weighted by Crippen LogP contribution is -2.47. The summed E-state index contributed by atoms with van der Waals surface area (Å²) in [6.07, 6.45) is 15.5. The molecule has 1 aromatic heterocycles. The summed E-state index contributed by atoms with van der Waals surface area (Å²) in [7, 11) is 0. The van der Waals surface area contributed by atoms with Crippen molar-refractivity contribution in [2.45, 2.75) is 44.2 Å². The second kappa shape index (κ2) is 11.9. The molecule has 0 radical (unpaired) electrons. The van der Waals surface area contributed by atoms with Crippen LogP contribution in [0.3, 0.4) is 0 Å². The number of ether oxygens (including phenoxy) is 1. The van der Waals surface area contributed by atoms with Crippen LogP contribution in [0.4, 0.5) is 5.69 Å². The molecule has 1 atom stereocenters. The number of nitrogens with one attached hydrogen (secondary N) is 1. The molecule has 3 rings (SSSR count). The van der Waals surface area contributed by atoms with E-state index in [9.17, 15) is 9.59 Å². The number of benzene rings is 1. The number of terminal acetylenes is 1. The normalized spacial score (nSPS) is 15.1. The van der Waals surface area contributed by atoms with E-state index in [4.69, 9.17) is 11.2 Å². The van der Waals surface area contributed by atoms with Crippen LogP contribution in [0.2, 0.25) is 0 Å². The maximum absolute atomic E-state index is 13.6. The van der Waals surface area contributed by atoms with Gasteiger partial charge in [-0.2, -0.15) is 0 Å². The standard InChI is InChI=1S/C27H28N2O3S/c1-4-13-21(5-2)32-23-17-11-10-16-22(23)29(25(30)6-3)26(24-18-12-19-33-24)27(31)28-20-14-8-7-9-15-20/h3-5,10-13,16-20,26H,1-2,7-9,14-15H2,(H,28,31)/b21-13+. The van der Waals surface area contributed by atoms with Crippen molar-refractivity contribution in [1.82, 2.24) is 5.32 Å². The van der Waals surface area contributed by atoms with Crippen molar-refractivity contribution in [3.63, 3.8) is 0 Å². The second-order valence-corrected chi connectivity index (χ2v) is 8.64. The first kappa shape index (κ1) is 24.1. The Morgan fingerprint density at radius 3 is 2.58 bits per heavy atom. The van der Waals surface area contributed by atoms with E-state index in [1.54, 1.807) is 42.5 Å². The Balaban J connectivity index is 2.05. The maximum atomic E-state index is 13.6. The van der Waals surface area contributed by atoms with Crippen LogP contribution in [0.5, 0.6) is 5.75 Å². The van der Waals surface area contributed by atoms with Crippen molar-refractivity contribution in [3.8, 4) is 18.1 Å². The van der Waals surface area contributed by atoms with Crippen molar-refractivity contribution < 1.29 is 14.3 Å². The molecule has 6 heteroatoms. The quantitative estimate of drug-likeness (QED) is 0.304. The van der Waals surface area contributed by atoms with Crippen LogP contribution in [0, 0.1) is 12.3 Å². The molecule has 0 bridgehead atoms. The van der Waals surface area contributed by atoms with Crippen LogP contribution in [0.15, 0.2) is 78.9 Å². The number of thiophene rings is 1. The zero-order chi connectivity index (χ0) is 23.6. The van der Waals surface area contributed by atoms with Gasteiger partial charge < -0.3 is 10.1 Å². The molecule has 1 aromatic carbocycles. The summed E-state index contributed by atoms with van der Waals surface area (Å²) in [6.45, 7) is 7.44. The summed E-state index contributed by atoms with van der Waals surface area (Å²) in [4.78, 5) is 28.7. The van der Waals surface area contributed by atoms with Crippen LogP contribution in [0.25, 0.3) is 0 Å². The molecule has 1 unspecified atom stereocenters. The van der Waals surface area contributed by atoms with E-state index in [1.807, 2.05) is 17.5 Å². The fourth-order valence-corrected chi connectivity index (χ4v) is 4.72. The van der Waals surface area contributed by atoms with Crippen LogP contribution < -0.4 is 15.0 Å². The Morgan fingerprint density at radius 2 is 1.94 bits per heavy atom. The van der Waals surface area contributed by atoms with Crippen molar-refractivity contribution in [2.24, 2.45) is 0 Å². The largest absolute Gasteiger partial charge is 0.455 e. The molecule has 1 N–H and O–H groups in total. The lowest BCUT2D eigenvalue weighted by Gasteiger charge is -2.32. The monoisotopic (exact) mass is 460 g/mol. The highest BCUT2D eigenvalue weighted by molar-refractivity contribution is 7.10. The van der Waals surface area contributed by atoms with Gasteiger partial charge in [0.05, 0.1) is 5.69 Å². The number of rotatable bonds is 9. The van der Waals surface area contributed by atoms with Gasteiger partial charge in [0, 0.05) is 10.9 Å². The number of anilines is 1. The summed E-state index contributed by atoms with van der Waals surface area (Å²) < 4.78 is 5.99. The Kier molecular flexibility index (Phi) is 8.68. The molecule has 1 fully saturated rings. The predicted molar refractivity (Wildman–Crippen MR) is 134 cm³/mol. The third-order valence-corrected chi connectivity index (χ3v) is 6.37. The molecule has 1 saturated carbocycles. The Labute approximate surface area is 199 Å². The minimum atomic E-state index is -0.921. The predicted octanol–water partition coefficient (Wildman–Crippen LogP) is 5.54. The number of nitrogens with zero attached hydrogens (tertiary/aromatic N) is 1. The van der Waals surface area contributed by atoms with Crippen LogP contribution in [-0.4, -0.2) is 17.9 Å². The second-order valence-electron chi connectivity index (χ2n) is 7.66. The number of hydrogen-bond acceptors (Lipinski definition) is 4. The van der Waals surface area contributed by atoms with E-state index in [2.05, 4.69) is 24.4 Å². The number of allylic oxidation sites excluding steroid dienone is 3. The van der Waals surface area contributed by atoms with E-state index >= 15 is 0 Å². The first-order chi connectivity index (χ1) is 16.1.